The Hall–Kier alpha value is -4.31. The van der Waals surface area contributed by atoms with Gasteiger partial charge in [0.2, 0.25) is 6.21 Å². The molecule has 0 saturated heterocycles. The predicted octanol–water partition coefficient (Wildman–Crippen LogP) is 4.98. The number of methoxy groups -OCH3 is 3. The van der Waals surface area contributed by atoms with Gasteiger partial charge in [0.05, 0.1) is 52.3 Å². The molecule has 0 spiro atoms. The van der Waals surface area contributed by atoms with Crippen molar-refractivity contribution >= 4 is 11.9 Å². The summed E-state index contributed by atoms with van der Waals surface area (Å²) in [6.07, 6.45) is 7.90. The molecule has 2 heterocycles. The van der Waals surface area contributed by atoms with E-state index in [1.807, 2.05) is 24.4 Å². The first-order valence-electron chi connectivity index (χ1n) is 13.3. The van der Waals surface area contributed by atoms with Gasteiger partial charge in [0.15, 0.2) is 22.9 Å². The van der Waals surface area contributed by atoms with Crippen LogP contribution in [0.2, 0.25) is 0 Å². The van der Waals surface area contributed by atoms with E-state index in [0.29, 0.717) is 66.4 Å². The van der Waals surface area contributed by atoms with E-state index in [4.69, 9.17) is 34.2 Å². The average molecular weight is 550 g/mol. The SMILES string of the molecule is COc1ccc(Oc2ccc(OCCCOC3CCC=C4[C@@H]3Cn3ccc(OC)c3C=[N+]4[O-])cc2N)cc1OC. The number of anilines is 1. The van der Waals surface area contributed by atoms with Crippen molar-refractivity contribution in [3.05, 3.63) is 71.3 Å². The molecule has 5 rings (SSSR count). The maximum atomic E-state index is 12.9. The topological polar surface area (TPSA) is 112 Å². The number of rotatable bonds is 11. The molecule has 40 heavy (non-hydrogen) atoms. The van der Waals surface area contributed by atoms with Gasteiger partial charge in [-0.15, -0.1) is 0 Å². The minimum absolute atomic E-state index is 0.0280. The minimum Gasteiger partial charge on any atom is -0.618 e. The van der Waals surface area contributed by atoms with E-state index in [1.54, 1.807) is 57.9 Å². The maximum absolute atomic E-state index is 12.9. The Morgan fingerprint density at radius 2 is 1.70 bits per heavy atom. The fourth-order valence-corrected chi connectivity index (χ4v) is 5.13. The van der Waals surface area contributed by atoms with Crippen molar-refractivity contribution in [3.63, 3.8) is 0 Å². The van der Waals surface area contributed by atoms with Crippen molar-refractivity contribution < 1.29 is 33.2 Å². The van der Waals surface area contributed by atoms with Crippen LogP contribution in [0, 0.1) is 11.1 Å². The van der Waals surface area contributed by atoms with Crippen molar-refractivity contribution in [3.8, 4) is 34.5 Å². The van der Waals surface area contributed by atoms with Crippen LogP contribution in [0.3, 0.4) is 0 Å². The van der Waals surface area contributed by atoms with Crippen molar-refractivity contribution in [2.24, 2.45) is 5.92 Å². The van der Waals surface area contributed by atoms with E-state index >= 15 is 0 Å². The summed E-state index contributed by atoms with van der Waals surface area (Å²) in [6.45, 7) is 1.66. The van der Waals surface area contributed by atoms with E-state index in [9.17, 15) is 5.21 Å². The molecule has 1 aromatic heterocycles. The molecule has 3 aromatic rings. The fourth-order valence-electron chi connectivity index (χ4n) is 5.13. The summed E-state index contributed by atoms with van der Waals surface area (Å²) in [5.41, 5.74) is 8.21. The number of fused-ring (bicyclic) bond motifs is 2. The molecule has 0 fully saturated rings. The average Bonchev–Trinajstić information content (AvgIpc) is 3.28. The highest BCUT2D eigenvalue weighted by Gasteiger charge is 2.37. The van der Waals surface area contributed by atoms with E-state index < -0.39 is 0 Å². The van der Waals surface area contributed by atoms with Crippen LogP contribution in [-0.4, -0.2) is 56.2 Å². The molecule has 2 N–H and O–H groups in total. The lowest BCUT2D eigenvalue weighted by molar-refractivity contribution is -0.409. The predicted molar refractivity (Wildman–Crippen MR) is 151 cm³/mol. The molecule has 1 unspecified atom stereocenters. The first-order valence-corrected chi connectivity index (χ1v) is 13.3. The summed E-state index contributed by atoms with van der Waals surface area (Å²) < 4.78 is 37.2. The van der Waals surface area contributed by atoms with E-state index in [2.05, 4.69) is 4.57 Å². The Bertz CT molecular complexity index is 1400. The molecule has 2 aliphatic rings. The van der Waals surface area contributed by atoms with Gasteiger partial charge in [-0.3, -0.25) is 0 Å². The lowest BCUT2D eigenvalue weighted by atomic mass is 9.89. The summed E-state index contributed by atoms with van der Waals surface area (Å²) in [4.78, 5) is 0. The van der Waals surface area contributed by atoms with Crippen LogP contribution in [0.25, 0.3) is 0 Å². The van der Waals surface area contributed by atoms with Gasteiger partial charge in [0.1, 0.15) is 22.9 Å². The summed E-state index contributed by atoms with van der Waals surface area (Å²) >= 11 is 0. The highest BCUT2D eigenvalue weighted by atomic mass is 16.5. The van der Waals surface area contributed by atoms with Crippen LogP contribution in [0.5, 0.6) is 34.5 Å². The van der Waals surface area contributed by atoms with Crippen molar-refractivity contribution in [1.82, 2.24) is 4.57 Å². The Labute approximate surface area is 233 Å². The molecular weight excluding hydrogens is 514 g/mol. The first kappa shape index (κ1) is 27.3. The molecule has 0 bridgehead atoms. The van der Waals surface area contributed by atoms with E-state index in [0.717, 1.165) is 29.0 Å². The third-order valence-corrected chi connectivity index (χ3v) is 7.16. The normalized spacial score (nSPS) is 18.0. The number of benzene rings is 2. The summed E-state index contributed by atoms with van der Waals surface area (Å²) in [5, 5.41) is 12.9. The molecule has 2 atom stereocenters. The number of hydrogen-bond acceptors (Lipinski definition) is 8. The fraction of sp³-hybridized carbons (Fsp3) is 0.367. The van der Waals surface area contributed by atoms with Crippen molar-refractivity contribution in [2.75, 3.05) is 40.3 Å². The van der Waals surface area contributed by atoms with Gasteiger partial charge < -0.3 is 43.9 Å². The third-order valence-electron chi connectivity index (χ3n) is 7.16. The molecule has 1 aliphatic heterocycles. The highest BCUT2D eigenvalue weighted by molar-refractivity contribution is 5.78. The van der Waals surface area contributed by atoms with Gasteiger partial charge in [0.25, 0.3) is 0 Å². The zero-order valence-electron chi connectivity index (χ0n) is 23.0. The van der Waals surface area contributed by atoms with Gasteiger partial charge in [-0.1, -0.05) is 0 Å². The number of allylic oxidation sites excluding steroid dienone is 1. The molecule has 212 valence electrons. The lowest BCUT2D eigenvalue weighted by Crippen LogP contribution is -2.34. The number of nitrogen functional groups attached to an aromatic ring is 1. The number of nitrogens with two attached hydrogens (primary N) is 1. The summed E-state index contributed by atoms with van der Waals surface area (Å²) in [5.74, 6) is 3.59. The monoisotopic (exact) mass is 549 g/mol. The second-order valence-corrected chi connectivity index (χ2v) is 9.62. The number of ether oxygens (including phenoxy) is 6. The van der Waals surface area contributed by atoms with Crippen molar-refractivity contribution in [1.29, 1.82) is 0 Å². The number of hydroxylamine groups is 1. The molecule has 1 aliphatic carbocycles. The van der Waals surface area contributed by atoms with Crippen LogP contribution in [0.15, 0.2) is 60.4 Å². The second-order valence-electron chi connectivity index (χ2n) is 9.62. The summed E-state index contributed by atoms with van der Waals surface area (Å²) in [7, 11) is 4.77. The number of hydrogen-bond donors (Lipinski definition) is 1. The minimum atomic E-state index is -0.0483. The Kier molecular flexibility index (Phi) is 8.35. The van der Waals surface area contributed by atoms with Crippen LogP contribution in [-0.2, 0) is 11.3 Å². The molecule has 0 saturated carbocycles. The molecular formula is C30H35N3O7. The highest BCUT2D eigenvalue weighted by Crippen LogP contribution is 2.36. The van der Waals surface area contributed by atoms with Crippen LogP contribution >= 0.6 is 0 Å². The van der Waals surface area contributed by atoms with Gasteiger partial charge in [-0.05, 0) is 49.2 Å². The number of nitrogens with zero attached hydrogens (tertiary/aromatic N) is 2. The standard InChI is InChI=1S/C30H35N3O7/c1-35-28-12-13-32-18-22-24(33(34)19-25(28)32)6-4-7-26(22)39-15-5-14-38-20-8-10-27(23(31)16-20)40-21-9-11-29(36-2)30(17-21)37-3/h6,8-13,16-17,19,22,26H,4-5,7,14-15,18,31H2,1-3H3/t22-,26?/m0/s1. The number of aromatic nitrogens is 1. The Morgan fingerprint density at radius 3 is 2.48 bits per heavy atom. The van der Waals surface area contributed by atoms with Crippen LogP contribution < -0.4 is 29.4 Å². The molecule has 2 aromatic carbocycles. The zero-order valence-corrected chi connectivity index (χ0v) is 23.0. The van der Waals surface area contributed by atoms with E-state index in [-0.39, 0.29) is 12.0 Å². The van der Waals surface area contributed by atoms with Crippen LogP contribution in [0.1, 0.15) is 25.0 Å². The maximum Gasteiger partial charge on any atom is 0.208 e. The van der Waals surface area contributed by atoms with Gasteiger partial charge >= 0.3 is 0 Å². The first-order chi connectivity index (χ1) is 19.5. The van der Waals surface area contributed by atoms with Crippen LogP contribution in [0.4, 0.5) is 5.69 Å². The van der Waals surface area contributed by atoms with Gasteiger partial charge in [0, 0.05) is 31.3 Å². The molecule has 0 radical (unpaired) electrons. The van der Waals surface area contributed by atoms with Gasteiger partial charge in [-0.2, -0.15) is 4.74 Å². The quantitative estimate of drug-likeness (QED) is 0.154. The zero-order chi connectivity index (χ0) is 28.1. The summed E-state index contributed by atoms with van der Waals surface area (Å²) in [6, 6.07) is 12.5. The van der Waals surface area contributed by atoms with Gasteiger partial charge in [-0.25, -0.2) is 0 Å². The molecule has 10 nitrogen and oxygen atoms in total. The van der Waals surface area contributed by atoms with Crippen molar-refractivity contribution in [2.45, 2.75) is 31.9 Å². The lowest BCUT2D eigenvalue weighted by Gasteiger charge is -2.29. The van der Waals surface area contributed by atoms with E-state index in [1.165, 1.54) is 0 Å². The third kappa shape index (κ3) is 5.81. The molecule has 10 heteroatoms. The Balaban J connectivity index is 1.12. The molecule has 0 amide bonds. The smallest absolute Gasteiger partial charge is 0.208 e. The Morgan fingerprint density at radius 1 is 0.925 bits per heavy atom. The largest absolute Gasteiger partial charge is 0.618 e. The second kappa shape index (κ2) is 12.3.